The average molecular weight is 270 g/mol. The van der Waals surface area contributed by atoms with Gasteiger partial charge in [-0.2, -0.15) is 0 Å². The summed E-state index contributed by atoms with van der Waals surface area (Å²) in [5, 5.41) is 9.47. The second-order valence-electron chi connectivity index (χ2n) is 5.10. The zero-order valence-electron chi connectivity index (χ0n) is 11.5. The predicted molar refractivity (Wildman–Crippen MR) is 77.2 cm³/mol. The van der Waals surface area contributed by atoms with E-state index in [-0.39, 0.29) is 5.92 Å². The van der Waals surface area contributed by atoms with Crippen LogP contribution >= 0.6 is 0 Å². The number of hydrogen-bond donors (Lipinski definition) is 1. The summed E-state index contributed by atoms with van der Waals surface area (Å²) in [5.41, 5.74) is 2.11. The van der Waals surface area contributed by atoms with E-state index >= 15 is 0 Å². The molecule has 0 saturated carbocycles. The van der Waals surface area contributed by atoms with Crippen molar-refractivity contribution in [1.29, 1.82) is 0 Å². The smallest absolute Gasteiger partial charge is 0.123 e. The maximum absolute atomic E-state index is 9.47. The maximum atomic E-state index is 9.47. The Morgan fingerprint density at radius 2 is 1.95 bits per heavy atom. The quantitative estimate of drug-likeness (QED) is 0.926. The highest BCUT2D eigenvalue weighted by Crippen LogP contribution is 2.33. The largest absolute Gasteiger partial charge is 0.493 e. The normalized spacial score (nSPS) is 18.2. The minimum Gasteiger partial charge on any atom is -0.493 e. The van der Waals surface area contributed by atoms with E-state index in [0.717, 1.165) is 17.1 Å². The second-order valence-corrected chi connectivity index (χ2v) is 5.10. The molecule has 0 bridgehead atoms. The fraction of sp³-hybridized carbons (Fsp3) is 0.294. The van der Waals surface area contributed by atoms with Gasteiger partial charge in [-0.25, -0.2) is 0 Å². The highest BCUT2D eigenvalue weighted by Gasteiger charge is 2.24. The molecule has 20 heavy (non-hydrogen) atoms. The molecule has 2 aromatic carbocycles. The van der Waals surface area contributed by atoms with Crippen LogP contribution in [0.4, 0.5) is 0 Å². The summed E-state index contributed by atoms with van der Waals surface area (Å²) in [7, 11) is 0. The minimum atomic E-state index is -0.445. The van der Waals surface area contributed by atoms with E-state index in [0.29, 0.717) is 13.2 Å². The SMILES string of the molecule is C[C@H](O)c1ccc(OCC2COc3ccccc32)cc1. The summed E-state index contributed by atoms with van der Waals surface area (Å²) >= 11 is 0. The molecule has 3 heteroatoms. The first kappa shape index (κ1) is 13.0. The lowest BCUT2D eigenvalue weighted by atomic mass is 10.0. The topological polar surface area (TPSA) is 38.7 Å². The Bertz CT molecular complexity index is 575. The molecule has 3 rings (SSSR count). The van der Waals surface area contributed by atoms with Gasteiger partial charge in [0.25, 0.3) is 0 Å². The van der Waals surface area contributed by atoms with E-state index in [1.54, 1.807) is 6.92 Å². The predicted octanol–water partition coefficient (Wildman–Crippen LogP) is 3.29. The van der Waals surface area contributed by atoms with E-state index in [4.69, 9.17) is 9.47 Å². The van der Waals surface area contributed by atoms with Gasteiger partial charge in [0.15, 0.2) is 0 Å². The number of aliphatic hydroxyl groups excluding tert-OH is 1. The van der Waals surface area contributed by atoms with Gasteiger partial charge in [-0.3, -0.25) is 0 Å². The zero-order chi connectivity index (χ0) is 13.9. The summed E-state index contributed by atoms with van der Waals surface area (Å²) in [6.07, 6.45) is -0.445. The average Bonchev–Trinajstić information content (AvgIpc) is 2.89. The molecule has 2 aromatic rings. The number of para-hydroxylation sites is 1. The molecule has 3 nitrogen and oxygen atoms in total. The summed E-state index contributed by atoms with van der Waals surface area (Å²) < 4.78 is 11.5. The molecule has 2 atom stereocenters. The van der Waals surface area contributed by atoms with Crippen molar-refractivity contribution in [3.63, 3.8) is 0 Å². The van der Waals surface area contributed by atoms with E-state index < -0.39 is 6.10 Å². The lowest BCUT2D eigenvalue weighted by Gasteiger charge is -2.12. The van der Waals surface area contributed by atoms with Crippen molar-refractivity contribution in [2.24, 2.45) is 0 Å². The first-order valence-electron chi connectivity index (χ1n) is 6.86. The van der Waals surface area contributed by atoms with Gasteiger partial charge in [0.1, 0.15) is 11.5 Å². The van der Waals surface area contributed by atoms with Crippen LogP contribution in [0.25, 0.3) is 0 Å². The molecule has 1 aliphatic rings. The van der Waals surface area contributed by atoms with E-state index in [9.17, 15) is 5.11 Å². The number of aliphatic hydroxyl groups is 1. The molecule has 0 radical (unpaired) electrons. The van der Waals surface area contributed by atoms with Crippen LogP contribution in [0.2, 0.25) is 0 Å². The molecule has 0 aliphatic carbocycles. The third-order valence-electron chi connectivity index (χ3n) is 3.61. The van der Waals surface area contributed by atoms with E-state index in [2.05, 4.69) is 6.07 Å². The van der Waals surface area contributed by atoms with Crippen molar-refractivity contribution >= 4 is 0 Å². The standard InChI is InChI=1S/C17H18O3/c1-12(18)13-6-8-15(9-7-13)19-10-14-11-20-17-5-3-2-4-16(14)17/h2-9,12,14,18H,10-11H2,1H3/t12-,14?/m0/s1. The molecule has 104 valence electrons. The fourth-order valence-corrected chi connectivity index (χ4v) is 2.41. The van der Waals surface area contributed by atoms with Gasteiger partial charge in [-0.1, -0.05) is 30.3 Å². The van der Waals surface area contributed by atoms with Gasteiger partial charge in [-0.15, -0.1) is 0 Å². The fourth-order valence-electron chi connectivity index (χ4n) is 2.41. The van der Waals surface area contributed by atoms with Gasteiger partial charge >= 0.3 is 0 Å². The number of hydrogen-bond acceptors (Lipinski definition) is 3. The van der Waals surface area contributed by atoms with Crippen molar-refractivity contribution in [2.45, 2.75) is 18.9 Å². The molecule has 1 unspecified atom stereocenters. The van der Waals surface area contributed by atoms with Crippen LogP contribution < -0.4 is 9.47 Å². The number of fused-ring (bicyclic) bond motifs is 1. The highest BCUT2D eigenvalue weighted by atomic mass is 16.5. The van der Waals surface area contributed by atoms with E-state index in [1.807, 2.05) is 42.5 Å². The van der Waals surface area contributed by atoms with Crippen molar-refractivity contribution < 1.29 is 14.6 Å². The highest BCUT2D eigenvalue weighted by molar-refractivity contribution is 5.39. The molecular formula is C17H18O3. The minimum absolute atomic E-state index is 0.280. The van der Waals surface area contributed by atoms with Gasteiger partial charge in [0.2, 0.25) is 0 Å². The van der Waals surface area contributed by atoms with Gasteiger partial charge in [0, 0.05) is 5.56 Å². The first-order valence-corrected chi connectivity index (χ1v) is 6.86. The van der Waals surface area contributed by atoms with Gasteiger partial charge < -0.3 is 14.6 Å². The molecular weight excluding hydrogens is 252 g/mol. The number of benzene rings is 2. The van der Waals surface area contributed by atoms with Gasteiger partial charge in [-0.05, 0) is 30.7 Å². The molecule has 1 heterocycles. The maximum Gasteiger partial charge on any atom is 0.123 e. The molecule has 1 aliphatic heterocycles. The Kier molecular flexibility index (Phi) is 3.61. The Morgan fingerprint density at radius 3 is 2.70 bits per heavy atom. The summed E-state index contributed by atoms with van der Waals surface area (Å²) in [4.78, 5) is 0. The van der Waals surface area contributed by atoms with Crippen LogP contribution in [-0.4, -0.2) is 18.3 Å². The second kappa shape index (κ2) is 5.55. The summed E-state index contributed by atoms with van der Waals surface area (Å²) in [6.45, 7) is 3.03. The summed E-state index contributed by atoms with van der Waals surface area (Å²) in [6, 6.07) is 15.7. The lowest BCUT2D eigenvalue weighted by molar-refractivity contribution is 0.199. The van der Waals surface area contributed by atoms with Crippen LogP contribution in [0, 0.1) is 0 Å². The van der Waals surface area contributed by atoms with E-state index in [1.165, 1.54) is 5.56 Å². The third kappa shape index (κ3) is 2.63. The van der Waals surface area contributed by atoms with Crippen molar-refractivity contribution in [1.82, 2.24) is 0 Å². The molecule has 0 saturated heterocycles. The monoisotopic (exact) mass is 270 g/mol. The lowest BCUT2D eigenvalue weighted by Crippen LogP contribution is -2.11. The Labute approximate surface area is 118 Å². The number of ether oxygens (including phenoxy) is 2. The van der Waals surface area contributed by atoms with Crippen LogP contribution in [0.5, 0.6) is 11.5 Å². The van der Waals surface area contributed by atoms with Gasteiger partial charge in [0.05, 0.1) is 25.2 Å². The van der Waals surface area contributed by atoms with Crippen molar-refractivity contribution in [3.05, 3.63) is 59.7 Å². The van der Waals surface area contributed by atoms with Crippen molar-refractivity contribution in [3.8, 4) is 11.5 Å². The van der Waals surface area contributed by atoms with Crippen LogP contribution in [0.15, 0.2) is 48.5 Å². The Hall–Kier alpha value is -2.00. The van der Waals surface area contributed by atoms with Crippen LogP contribution in [0.1, 0.15) is 30.1 Å². The first-order chi connectivity index (χ1) is 9.74. The Balaban J connectivity index is 1.63. The van der Waals surface area contributed by atoms with Crippen LogP contribution in [0.3, 0.4) is 0 Å². The summed E-state index contributed by atoms with van der Waals surface area (Å²) in [5.74, 6) is 2.06. The molecule has 0 amide bonds. The van der Waals surface area contributed by atoms with Crippen LogP contribution in [-0.2, 0) is 0 Å². The number of rotatable bonds is 4. The molecule has 0 aromatic heterocycles. The molecule has 1 N–H and O–H groups in total. The Morgan fingerprint density at radius 1 is 1.20 bits per heavy atom. The third-order valence-corrected chi connectivity index (χ3v) is 3.61. The molecule has 0 fully saturated rings. The van der Waals surface area contributed by atoms with Crippen molar-refractivity contribution in [2.75, 3.05) is 13.2 Å². The molecule has 0 spiro atoms. The zero-order valence-corrected chi connectivity index (χ0v) is 11.5.